The molecule has 27 heavy (non-hydrogen) atoms. The van der Waals surface area contributed by atoms with E-state index >= 15 is 0 Å². The van der Waals surface area contributed by atoms with E-state index in [1.54, 1.807) is 12.1 Å². The summed E-state index contributed by atoms with van der Waals surface area (Å²) in [6.07, 6.45) is 1.15. The van der Waals surface area contributed by atoms with Gasteiger partial charge in [-0.2, -0.15) is 0 Å². The third kappa shape index (κ3) is 3.62. The van der Waals surface area contributed by atoms with Crippen LogP contribution in [0.4, 0.5) is 5.69 Å². The van der Waals surface area contributed by atoms with Crippen molar-refractivity contribution in [3.05, 3.63) is 53.9 Å². The highest BCUT2D eigenvalue weighted by molar-refractivity contribution is 5.94. The summed E-state index contributed by atoms with van der Waals surface area (Å²) in [6, 6.07) is 13.3. The molecule has 0 saturated heterocycles. The van der Waals surface area contributed by atoms with Gasteiger partial charge >= 0.3 is 0 Å². The number of amides is 2. The number of nitrogens with zero attached hydrogens (tertiary/aromatic N) is 2. The van der Waals surface area contributed by atoms with E-state index in [2.05, 4.69) is 15.6 Å². The molecule has 3 aromatic rings. The molecule has 0 aliphatic carbocycles. The molecule has 1 aromatic heterocycles. The van der Waals surface area contributed by atoms with Crippen molar-refractivity contribution in [1.82, 2.24) is 14.9 Å². The van der Waals surface area contributed by atoms with Crippen molar-refractivity contribution >= 4 is 28.5 Å². The summed E-state index contributed by atoms with van der Waals surface area (Å²) in [6.45, 7) is 0.263. The molecule has 0 unspecified atom stereocenters. The van der Waals surface area contributed by atoms with Gasteiger partial charge in [-0.15, -0.1) is 0 Å². The number of rotatable bonds is 5. The van der Waals surface area contributed by atoms with Crippen molar-refractivity contribution in [3.63, 3.8) is 0 Å². The van der Waals surface area contributed by atoms with Crippen LogP contribution in [0.3, 0.4) is 0 Å². The normalized spacial score (nSPS) is 13.1. The number of para-hydroxylation sites is 2. The lowest BCUT2D eigenvalue weighted by Gasteiger charge is -2.17. The van der Waals surface area contributed by atoms with Crippen molar-refractivity contribution in [2.45, 2.75) is 19.4 Å². The zero-order chi connectivity index (χ0) is 18.8. The van der Waals surface area contributed by atoms with Crippen molar-refractivity contribution in [2.75, 3.05) is 11.9 Å². The van der Waals surface area contributed by atoms with Gasteiger partial charge in [-0.05, 0) is 42.3 Å². The number of aryl methyl sites for hydroxylation is 2. The molecule has 0 atom stereocenters. The fourth-order valence-corrected chi connectivity index (χ4v) is 3.18. The van der Waals surface area contributed by atoms with Crippen LogP contribution in [-0.4, -0.2) is 28.0 Å². The van der Waals surface area contributed by atoms with Gasteiger partial charge in [0.25, 0.3) is 5.91 Å². The predicted molar refractivity (Wildman–Crippen MR) is 101 cm³/mol. The number of imidazole rings is 1. The molecular weight excluding hydrogens is 344 g/mol. The first-order valence-corrected chi connectivity index (χ1v) is 8.83. The Labute approximate surface area is 156 Å². The lowest BCUT2D eigenvalue weighted by molar-refractivity contribution is -0.123. The van der Waals surface area contributed by atoms with E-state index in [0.29, 0.717) is 25.1 Å². The molecule has 2 heterocycles. The van der Waals surface area contributed by atoms with E-state index in [-0.39, 0.29) is 18.4 Å². The Hall–Kier alpha value is -3.35. The van der Waals surface area contributed by atoms with Crippen LogP contribution in [0.15, 0.2) is 42.5 Å². The van der Waals surface area contributed by atoms with Crippen molar-refractivity contribution in [3.8, 4) is 5.75 Å². The Balaban J connectivity index is 1.33. The molecule has 2 N–H and O–H groups in total. The third-order valence-corrected chi connectivity index (χ3v) is 4.67. The maximum Gasteiger partial charge on any atom is 0.258 e. The van der Waals surface area contributed by atoms with Crippen LogP contribution in [0.25, 0.3) is 11.0 Å². The van der Waals surface area contributed by atoms with Gasteiger partial charge in [0, 0.05) is 19.2 Å². The third-order valence-electron chi connectivity index (χ3n) is 4.67. The van der Waals surface area contributed by atoms with Gasteiger partial charge in [0.05, 0.1) is 17.6 Å². The number of aromatic nitrogens is 2. The molecule has 0 bridgehead atoms. The van der Waals surface area contributed by atoms with E-state index in [1.807, 2.05) is 41.9 Å². The Bertz CT molecular complexity index is 1030. The van der Waals surface area contributed by atoms with Gasteiger partial charge in [-0.1, -0.05) is 12.1 Å². The molecule has 2 aromatic carbocycles. The summed E-state index contributed by atoms with van der Waals surface area (Å²) in [4.78, 5) is 28.0. The summed E-state index contributed by atoms with van der Waals surface area (Å²) < 4.78 is 7.55. The first kappa shape index (κ1) is 17.1. The van der Waals surface area contributed by atoms with Crippen LogP contribution in [0.2, 0.25) is 0 Å². The molecular formula is C20H20N4O3. The molecule has 1 aliphatic rings. The Morgan fingerprint density at radius 1 is 1.26 bits per heavy atom. The van der Waals surface area contributed by atoms with Gasteiger partial charge in [-0.3, -0.25) is 9.59 Å². The summed E-state index contributed by atoms with van der Waals surface area (Å²) in [7, 11) is 1.93. The Morgan fingerprint density at radius 3 is 2.96 bits per heavy atom. The van der Waals surface area contributed by atoms with Crippen LogP contribution in [0.5, 0.6) is 5.75 Å². The molecule has 4 rings (SSSR count). The van der Waals surface area contributed by atoms with E-state index in [1.165, 1.54) is 0 Å². The highest BCUT2D eigenvalue weighted by Gasteiger charge is 2.15. The van der Waals surface area contributed by atoms with Crippen LogP contribution in [0.1, 0.15) is 17.8 Å². The van der Waals surface area contributed by atoms with Crippen molar-refractivity contribution < 1.29 is 14.3 Å². The average Bonchev–Trinajstić information content (AvgIpc) is 3.00. The monoisotopic (exact) mass is 364 g/mol. The highest BCUT2D eigenvalue weighted by atomic mass is 16.5. The van der Waals surface area contributed by atoms with Crippen LogP contribution >= 0.6 is 0 Å². The Kier molecular flexibility index (Phi) is 4.50. The summed E-state index contributed by atoms with van der Waals surface area (Å²) >= 11 is 0. The standard InChI is InChI=1S/C20H20N4O3/c1-24-17-5-3-2-4-16(17)22-18(24)11-21-20(26)12-27-14-7-8-15-13(10-14)6-9-19(25)23-15/h2-5,7-8,10H,6,9,11-12H2,1H3,(H,21,26)(H,23,25). The number of carbonyl (C=O) groups is 2. The number of anilines is 1. The van der Waals surface area contributed by atoms with E-state index in [9.17, 15) is 9.59 Å². The van der Waals surface area contributed by atoms with E-state index < -0.39 is 0 Å². The van der Waals surface area contributed by atoms with E-state index in [0.717, 1.165) is 28.1 Å². The molecule has 0 fully saturated rings. The topological polar surface area (TPSA) is 85.2 Å². The number of benzene rings is 2. The fraction of sp³-hybridized carbons (Fsp3) is 0.250. The molecule has 0 radical (unpaired) electrons. The highest BCUT2D eigenvalue weighted by Crippen LogP contribution is 2.26. The summed E-state index contributed by atoms with van der Waals surface area (Å²) in [5.74, 6) is 1.21. The number of ether oxygens (including phenoxy) is 1. The maximum atomic E-state index is 12.1. The number of hydrogen-bond acceptors (Lipinski definition) is 4. The van der Waals surface area contributed by atoms with Gasteiger partial charge in [0.1, 0.15) is 11.6 Å². The molecule has 7 nitrogen and oxygen atoms in total. The fourth-order valence-electron chi connectivity index (χ4n) is 3.18. The first-order valence-electron chi connectivity index (χ1n) is 8.83. The average molecular weight is 364 g/mol. The van der Waals surface area contributed by atoms with Crippen molar-refractivity contribution in [1.29, 1.82) is 0 Å². The SMILES string of the molecule is Cn1c(CNC(=O)COc2ccc3c(c2)CCC(=O)N3)nc2ccccc21. The quantitative estimate of drug-likeness (QED) is 0.726. The Morgan fingerprint density at radius 2 is 2.11 bits per heavy atom. The molecule has 1 aliphatic heterocycles. The first-order chi connectivity index (χ1) is 13.1. The number of carbonyl (C=O) groups excluding carboxylic acids is 2. The lowest BCUT2D eigenvalue weighted by Crippen LogP contribution is -2.29. The summed E-state index contributed by atoms with van der Waals surface area (Å²) in [5, 5.41) is 5.66. The minimum absolute atomic E-state index is 0.0255. The van der Waals surface area contributed by atoms with Gasteiger partial charge < -0.3 is 19.9 Å². The van der Waals surface area contributed by atoms with Gasteiger partial charge in [0.2, 0.25) is 5.91 Å². The van der Waals surface area contributed by atoms with Crippen LogP contribution < -0.4 is 15.4 Å². The second kappa shape index (κ2) is 7.11. The molecule has 7 heteroatoms. The predicted octanol–water partition coefficient (Wildman–Crippen LogP) is 2.15. The van der Waals surface area contributed by atoms with E-state index in [4.69, 9.17) is 4.74 Å². The van der Waals surface area contributed by atoms with Gasteiger partial charge in [0.15, 0.2) is 6.61 Å². The minimum atomic E-state index is -0.215. The zero-order valence-corrected chi connectivity index (χ0v) is 15.0. The number of fused-ring (bicyclic) bond motifs is 2. The number of hydrogen-bond donors (Lipinski definition) is 2. The molecule has 0 spiro atoms. The van der Waals surface area contributed by atoms with Crippen LogP contribution in [0, 0.1) is 0 Å². The minimum Gasteiger partial charge on any atom is -0.484 e. The second-order valence-corrected chi connectivity index (χ2v) is 6.51. The smallest absolute Gasteiger partial charge is 0.258 e. The second-order valence-electron chi connectivity index (χ2n) is 6.51. The molecule has 138 valence electrons. The van der Waals surface area contributed by atoms with Crippen LogP contribution in [-0.2, 0) is 29.6 Å². The zero-order valence-electron chi connectivity index (χ0n) is 15.0. The maximum absolute atomic E-state index is 12.1. The number of nitrogens with one attached hydrogen (secondary N) is 2. The van der Waals surface area contributed by atoms with Crippen molar-refractivity contribution in [2.24, 2.45) is 7.05 Å². The largest absolute Gasteiger partial charge is 0.484 e. The van der Waals surface area contributed by atoms with Gasteiger partial charge in [-0.25, -0.2) is 4.98 Å². The molecule has 0 saturated carbocycles. The lowest BCUT2D eigenvalue weighted by atomic mass is 10.0. The summed E-state index contributed by atoms with van der Waals surface area (Å²) in [5.41, 5.74) is 3.76. The molecule has 2 amide bonds.